The summed E-state index contributed by atoms with van der Waals surface area (Å²) >= 11 is 0. The van der Waals surface area contributed by atoms with Crippen molar-refractivity contribution < 1.29 is 19.0 Å². The Labute approximate surface area is 172 Å². The van der Waals surface area contributed by atoms with Gasteiger partial charge in [-0.05, 0) is 40.3 Å². The van der Waals surface area contributed by atoms with Crippen molar-refractivity contribution in [2.24, 2.45) is 0 Å². The fourth-order valence-electron chi connectivity index (χ4n) is 4.59. The molecule has 1 saturated carbocycles. The Balaban J connectivity index is 2.01. The number of carbonyl (C=O) groups excluding carboxylic acids is 1. The van der Waals surface area contributed by atoms with Crippen molar-refractivity contribution in [3.05, 3.63) is 0 Å². The molecular weight excluding hydrogens is 354 g/mol. The average Bonchev–Trinajstić information content (AvgIpc) is 2.65. The van der Waals surface area contributed by atoms with Crippen LogP contribution in [0.3, 0.4) is 0 Å². The van der Waals surface area contributed by atoms with Crippen LogP contribution in [0.5, 0.6) is 0 Å². The highest BCUT2D eigenvalue weighted by Crippen LogP contribution is 2.29. The monoisotopic (exact) mass is 397 g/mol. The molecule has 5 heteroatoms. The van der Waals surface area contributed by atoms with Gasteiger partial charge in [-0.2, -0.15) is 0 Å². The van der Waals surface area contributed by atoms with Gasteiger partial charge in [0.15, 0.2) is 12.4 Å². The molecule has 5 nitrogen and oxygen atoms in total. The summed E-state index contributed by atoms with van der Waals surface area (Å²) in [5.74, 6) is -0.265. The number of esters is 1. The molecule has 0 aromatic rings. The molecule has 0 N–H and O–H groups in total. The zero-order chi connectivity index (χ0) is 20.4. The van der Waals surface area contributed by atoms with Crippen molar-refractivity contribution in [1.82, 2.24) is 4.90 Å². The fourth-order valence-corrected chi connectivity index (χ4v) is 4.59. The molecule has 1 aliphatic carbocycles. The topological polar surface area (TPSA) is 48.0 Å². The summed E-state index contributed by atoms with van der Waals surface area (Å²) < 4.78 is 18.3. The Kier molecular flexibility index (Phi) is 10.8. The molecule has 164 valence electrons. The lowest BCUT2D eigenvalue weighted by Crippen LogP contribution is -2.56. The highest BCUT2D eigenvalue weighted by molar-refractivity contribution is 5.66. The van der Waals surface area contributed by atoms with Gasteiger partial charge in [0.25, 0.3) is 0 Å². The van der Waals surface area contributed by atoms with Gasteiger partial charge in [0, 0.05) is 6.92 Å². The van der Waals surface area contributed by atoms with Gasteiger partial charge in [0.05, 0.1) is 18.2 Å². The maximum atomic E-state index is 11.7. The molecule has 1 heterocycles. The standard InChI is InChI=1S/C23H43NO4/c1-18-17-21(24(3)4)22(27-19(2)25)23(26-18)28-20-15-13-11-9-7-5-6-8-10-12-14-16-20/h18,20-23H,5-17H2,1-4H3. The minimum absolute atomic E-state index is 0.0963. The van der Waals surface area contributed by atoms with Crippen LogP contribution < -0.4 is 0 Å². The maximum absolute atomic E-state index is 11.7. The number of hydrogen-bond donors (Lipinski definition) is 0. The van der Waals surface area contributed by atoms with E-state index >= 15 is 0 Å². The van der Waals surface area contributed by atoms with E-state index in [2.05, 4.69) is 11.8 Å². The molecular formula is C23H43NO4. The first-order valence-electron chi connectivity index (χ1n) is 11.6. The fraction of sp³-hybridized carbons (Fsp3) is 0.957. The van der Waals surface area contributed by atoms with Crippen LogP contribution in [-0.2, 0) is 19.0 Å². The molecule has 0 spiro atoms. The SMILES string of the molecule is CC(=O)OC1C(OC2CCCCCCCCCCCC2)OC(C)CC1N(C)C. The van der Waals surface area contributed by atoms with E-state index in [1.165, 1.54) is 71.1 Å². The Morgan fingerprint density at radius 1 is 0.893 bits per heavy atom. The number of likely N-dealkylation sites (N-methyl/N-ethyl adjacent to an activating group) is 1. The van der Waals surface area contributed by atoms with E-state index in [1.54, 1.807) is 0 Å². The number of rotatable bonds is 4. The Morgan fingerprint density at radius 3 is 1.86 bits per heavy atom. The zero-order valence-electron chi connectivity index (χ0n) is 18.7. The van der Waals surface area contributed by atoms with E-state index in [4.69, 9.17) is 14.2 Å². The number of carbonyl (C=O) groups is 1. The molecule has 0 aromatic carbocycles. The van der Waals surface area contributed by atoms with E-state index in [9.17, 15) is 4.79 Å². The van der Waals surface area contributed by atoms with Crippen LogP contribution in [0.2, 0.25) is 0 Å². The minimum Gasteiger partial charge on any atom is -0.455 e. The van der Waals surface area contributed by atoms with E-state index in [0.29, 0.717) is 0 Å². The molecule has 2 rings (SSSR count). The van der Waals surface area contributed by atoms with Gasteiger partial charge in [-0.3, -0.25) is 4.79 Å². The highest BCUT2D eigenvalue weighted by Gasteiger charge is 2.42. The Bertz CT molecular complexity index is 428. The second-order valence-electron chi connectivity index (χ2n) is 9.03. The van der Waals surface area contributed by atoms with Crippen molar-refractivity contribution >= 4 is 5.97 Å². The van der Waals surface area contributed by atoms with Gasteiger partial charge in [-0.1, -0.05) is 64.2 Å². The molecule has 4 atom stereocenters. The molecule has 1 saturated heterocycles. The number of hydrogen-bond acceptors (Lipinski definition) is 5. The van der Waals surface area contributed by atoms with Crippen molar-refractivity contribution in [2.45, 2.75) is 128 Å². The lowest BCUT2D eigenvalue weighted by Gasteiger charge is -2.43. The molecule has 1 aliphatic heterocycles. The first-order valence-corrected chi connectivity index (χ1v) is 11.6. The van der Waals surface area contributed by atoms with Gasteiger partial charge in [0.2, 0.25) is 0 Å². The van der Waals surface area contributed by atoms with Gasteiger partial charge >= 0.3 is 5.97 Å². The van der Waals surface area contributed by atoms with Crippen LogP contribution in [0, 0.1) is 0 Å². The number of nitrogens with zero attached hydrogens (tertiary/aromatic N) is 1. The predicted octanol–water partition coefficient (Wildman–Crippen LogP) is 5.06. The first-order chi connectivity index (χ1) is 13.5. The summed E-state index contributed by atoms with van der Waals surface area (Å²) in [6.45, 7) is 3.56. The van der Waals surface area contributed by atoms with Crippen molar-refractivity contribution in [2.75, 3.05) is 14.1 Å². The molecule has 0 amide bonds. The smallest absolute Gasteiger partial charge is 0.303 e. The van der Waals surface area contributed by atoms with Gasteiger partial charge < -0.3 is 19.1 Å². The van der Waals surface area contributed by atoms with Crippen molar-refractivity contribution in [3.63, 3.8) is 0 Å². The quantitative estimate of drug-likeness (QED) is 0.620. The van der Waals surface area contributed by atoms with E-state index in [0.717, 1.165) is 19.3 Å². The number of ether oxygens (including phenoxy) is 3. The summed E-state index contributed by atoms with van der Waals surface area (Å²) in [6, 6.07) is 0.118. The van der Waals surface area contributed by atoms with E-state index < -0.39 is 6.29 Å². The lowest BCUT2D eigenvalue weighted by molar-refractivity contribution is -0.274. The Morgan fingerprint density at radius 2 is 1.39 bits per heavy atom. The highest BCUT2D eigenvalue weighted by atomic mass is 16.7. The second kappa shape index (κ2) is 12.8. The summed E-state index contributed by atoms with van der Waals surface area (Å²) in [5, 5.41) is 0. The van der Waals surface area contributed by atoms with Crippen LogP contribution in [0.1, 0.15) is 97.3 Å². The third-order valence-corrected chi connectivity index (χ3v) is 6.18. The minimum atomic E-state index is -0.472. The van der Waals surface area contributed by atoms with Crippen molar-refractivity contribution in [1.29, 1.82) is 0 Å². The van der Waals surface area contributed by atoms with E-state index in [1.807, 2.05) is 14.1 Å². The van der Waals surface area contributed by atoms with Gasteiger partial charge in [-0.25, -0.2) is 0 Å². The molecule has 4 unspecified atom stereocenters. The van der Waals surface area contributed by atoms with E-state index in [-0.39, 0.29) is 30.3 Å². The summed E-state index contributed by atoms with van der Waals surface area (Å²) in [5.41, 5.74) is 0. The molecule has 0 radical (unpaired) electrons. The predicted molar refractivity (Wildman–Crippen MR) is 112 cm³/mol. The zero-order valence-corrected chi connectivity index (χ0v) is 18.7. The molecule has 0 bridgehead atoms. The van der Waals surface area contributed by atoms with Crippen molar-refractivity contribution in [3.8, 4) is 0 Å². The summed E-state index contributed by atoms with van der Waals surface area (Å²) in [7, 11) is 4.07. The largest absolute Gasteiger partial charge is 0.455 e. The third kappa shape index (κ3) is 8.38. The van der Waals surface area contributed by atoms with Crippen LogP contribution in [0.15, 0.2) is 0 Å². The van der Waals surface area contributed by atoms with Crippen LogP contribution >= 0.6 is 0 Å². The molecule has 2 aliphatic rings. The van der Waals surface area contributed by atoms with Crippen LogP contribution in [0.25, 0.3) is 0 Å². The van der Waals surface area contributed by atoms with Gasteiger partial charge in [-0.15, -0.1) is 0 Å². The first kappa shape index (κ1) is 23.6. The molecule has 2 fully saturated rings. The van der Waals surface area contributed by atoms with Crippen LogP contribution in [-0.4, -0.2) is 55.6 Å². The van der Waals surface area contributed by atoms with Gasteiger partial charge in [0.1, 0.15) is 0 Å². The van der Waals surface area contributed by atoms with Crippen LogP contribution in [0.4, 0.5) is 0 Å². The normalized spacial score (nSPS) is 32.2. The lowest BCUT2D eigenvalue weighted by atomic mass is 9.98. The molecule has 0 aromatic heterocycles. The summed E-state index contributed by atoms with van der Waals surface area (Å²) in [4.78, 5) is 13.9. The molecule has 28 heavy (non-hydrogen) atoms. The average molecular weight is 398 g/mol. The summed E-state index contributed by atoms with van der Waals surface area (Å²) in [6.07, 6.45) is 15.6. The second-order valence-corrected chi connectivity index (χ2v) is 9.03. The third-order valence-electron chi connectivity index (χ3n) is 6.18. The maximum Gasteiger partial charge on any atom is 0.303 e. The Hall–Kier alpha value is -0.650.